The summed E-state index contributed by atoms with van der Waals surface area (Å²) in [5, 5.41) is 13.7. The van der Waals surface area contributed by atoms with Crippen LogP contribution in [0.1, 0.15) is 0 Å². The molecule has 2 rings (SSSR count). The molecule has 0 atom stereocenters. The number of rotatable bonds is 3. The molecule has 2 aromatic rings. The predicted octanol–water partition coefficient (Wildman–Crippen LogP) is 2.21. The molecule has 0 radical (unpaired) electrons. The Hall–Kier alpha value is -1.75. The lowest BCUT2D eigenvalue weighted by molar-refractivity contribution is 0.417. The lowest BCUT2D eigenvalue weighted by Gasteiger charge is -2.08. The molecule has 0 saturated carbocycles. The number of halogens is 1. The van der Waals surface area contributed by atoms with Crippen molar-refractivity contribution in [3.8, 4) is 5.75 Å². The van der Waals surface area contributed by atoms with Crippen LogP contribution in [0.4, 0.5) is 11.5 Å². The molecular formula is C9H9ClN4O. The van der Waals surface area contributed by atoms with Crippen LogP contribution in [0.15, 0.2) is 24.4 Å². The van der Waals surface area contributed by atoms with Crippen molar-refractivity contribution >= 4 is 23.1 Å². The van der Waals surface area contributed by atoms with Gasteiger partial charge in [-0.05, 0) is 12.1 Å². The fourth-order valence-electron chi connectivity index (χ4n) is 1.17. The van der Waals surface area contributed by atoms with E-state index in [1.165, 1.54) is 0 Å². The number of nitrogens with one attached hydrogen (secondary N) is 2. The van der Waals surface area contributed by atoms with Crippen LogP contribution >= 0.6 is 11.6 Å². The number of anilines is 2. The van der Waals surface area contributed by atoms with Crippen LogP contribution in [-0.4, -0.2) is 22.5 Å². The second-order valence-corrected chi connectivity index (χ2v) is 3.26. The van der Waals surface area contributed by atoms with E-state index in [1.54, 1.807) is 25.4 Å². The summed E-state index contributed by atoms with van der Waals surface area (Å²) in [6.45, 7) is 0. The van der Waals surface area contributed by atoms with Gasteiger partial charge in [-0.2, -0.15) is 10.3 Å². The minimum absolute atomic E-state index is 0.621. The highest BCUT2D eigenvalue weighted by Crippen LogP contribution is 2.29. The molecular weight excluding hydrogens is 216 g/mol. The standard InChI is InChI=1S/C9H9ClN4O/c1-15-8-4-6(10)2-3-7(8)12-9-5-11-14-13-9/h2-5H,1H3,(H2,11,12,13,14). The molecule has 0 aliphatic heterocycles. The highest BCUT2D eigenvalue weighted by Gasteiger charge is 2.04. The molecule has 0 bridgehead atoms. The van der Waals surface area contributed by atoms with Crippen LogP contribution in [0, 0.1) is 0 Å². The van der Waals surface area contributed by atoms with Crippen molar-refractivity contribution in [3.05, 3.63) is 29.4 Å². The number of nitrogens with zero attached hydrogens (tertiary/aromatic N) is 2. The Morgan fingerprint density at radius 2 is 2.33 bits per heavy atom. The van der Waals surface area contributed by atoms with Crippen molar-refractivity contribution in [1.82, 2.24) is 15.4 Å². The molecule has 0 unspecified atom stereocenters. The molecule has 78 valence electrons. The van der Waals surface area contributed by atoms with Gasteiger partial charge in [0.05, 0.1) is 19.0 Å². The van der Waals surface area contributed by atoms with Crippen molar-refractivity contribution in [2.75, 3.05) is 12.4 Å². The van der Waals surface area contributed by atoms with E-state index in [0.717, 1.165) is 5.69 Å². The maximum absolute atomic E-state index is 5.84. The van der Waals surface area contributed by atoms with Crippen LogP contribution in [0.3, 0.4) is 0 Å². The van der Waals surface area contributed by atoms with E-state index < -0.39 is 0 Å². The summed E-state index contributed by atoms with van der Waals surface area (Å²) < 4.78 is 5.17. The average molecular weight is 225 g/mol. The van der Waals surface area contributed by atoms with Crippen molar-refractivity contribution in [1.29, 1.82) is 0 Å². The largest absolute Gasteiger partial charge is 0.495 e. The average Bonchev–Trinajstić information content (AvgIpc) is 2.73. The molecule has 1 heterocycles. The Balaban J connectivity index is 2.28. The van der Waals surface area contributed by atoms with Gasteiger partial charge in [0.1, 0.15) is 5.75 Å². The number of benzene rings is 1. The minimum Gasteiger partial charge on any atom is -0.495 e. The Morgan fingerprint density at radius 1 is 1.47 bits per heavy atom. The first-order valence-corrected chi connectivity index (χ1v) is 4.64. The third-order valence-corrected chi connectivity index (χ3v) is 2.08. The maximum Gasteiger partial charge on any atom is 0.172 e. The fraction of sp³-hybridized carbons (Fsp3) is 0.111. The van der Waals surface area contributed by atoms with E-state index in [-0.39, 0.29) is 0 Å². The van der Waals surface area contributed by atoms with Crippen LogP contribution in [0.5, 0.6) is 5.75 Å². The van der Waals surface area contributed by atoms with Crippen molar-refractivity contribution in [3.63, 3.8) is 0 Å². The Bertz CT molecular complexity index is 443. The number of aromatic amines is 1. The van der Waals surface area contributed by atoms with Gasteiger partial charge in [0, 0.05) is 11.1 Å². The molecule has 0 saturated heterocycles. The molecule has 5 nitrogen and oxygen atoms in total. The number of hydrogen-bond acceptors (Lipinski definition) is 4. The van der Waals surface area contributed by atoms with Crippen LogP contribution in [0.25, 0.3) is 0 Å². The zero-order valence-corrected chi connectivity index (χ0v) is 8.75. The van der Waals surface area contributed by atoms with Gasteiger partial charge in [-0.15, -0.1) is 5.10 Å². The number of H-pyrrole nitrogens is 1. The predicted molar refractivity (Wildman–Crippen MR) is 57.7 cm³/mol. The summed E-state index contributed by atoms with van der Waals surface area (Å²) in [5.74, 6) is 1.28. The van der Waals surface area contributed by atoms with Gasteiger partial charge in [0.2, 0.25) is 0 Å². The first-order chi connectivity index (χ1) is 7.29. The first kappa shape index (κ1) is 9.79. The van der Waals surface area contributed by atoms with Gasteiger partial charge >= 0.3 is 0 Å². The Kier molecular flexibility index (Phi) is 2.73. The SMILES string of the molecule is COc1cc(Cl)ccc1Nc1cn[nH]n1. The molecule has 15 heavy (non-hydrogen) atoms. The van der Waals surface area contributed by atoms with E-state index in [0.29, 0.717) is 16.6 Å². The minimum atomic E-state index is 0.621. The second kappa shape index (κ2) is 4.18. The molecule has 1 aromatic heterocycles. The van der Waals surface area contributed by atoms with Gasteiger partial charge in [-0.3, -0.25) is 0 Å². The van der Waals surface area contributed by atoms with Gasteiger partial charge in [-0.25, -0.2) is 0 Å². The monoisotopic (exact) mass is 224 g/mol. The molecule has 0 amide bonds. The summed E-state index contributed by atoms with van der Waals surface area (Å²) >= 11 is 5.84. The molecule has 1 aromatic carbocycles. The number of hydrogen-bond donors (Lipinski definition) is 2. The van der Waals surface area contributed by atoms with Gasteiger partial charge in [-0.1, -0.05) is 11.6 Å². The van der Waals surface area contributed by atoms with E-state index >= 15 is 0 Å². The number of ether oxygens (including phenoxy) is 1. The molecule has 0 fully saturated rings. The van der Waals surface area contributed by atoms with Crippen molar-refractivity contribution in [2.24, 2.45) is 0 Å². The zero-order valence-electron chi connectivity index (χ0n) is 7.99. The van der Waals surface area contributed by atoms with Gasteiger partial charge in [0.15, 0.2) is 5.82 Å². The first-order valence-electron chi connectivity index (χ1n) is 4.26. The maximum atomic E-state index is 5.84. The lowest BCUT2D eigenvalue weighted by Crippen LogP contribution is -1.94. The van der Waals surface area contributed by atoms with E-state index in [1.807, 2.05) is 6.07 Å². The summed E-state index contributed by atoms with van der Waals surface area (Å²) in [6.07, 6.45) is 1.58. The number of aromatic nitrogens is 3. The summed E-state index contributed by atoms with van der Waals surface area (Å²) in [6, 6.07) is 5.31. The summed E-state index contributed by atoms with van der Waals surface area (Å²) in [4.78, 5) is 0. The molecule has 0 spiro atoms. The zero-order chi connectivity index (χ0) is 10.7. The smallest absolute Gasteiger partial charge is 0.172 e. The topological polar surface area (TPSA) is 62.8 Å². The second-order valence-electron chi connectivity index (χ2n) is 2.82. The molecule has 0 aliphatic carbocycles. The van der Waals surface area contributed by atoms with Crippen LogP contribution in [0.2, 0.25) is 5.02 Å². The van der Waals surface area contributed by atoms with E-state index in [4.69, 9.17) is 16.3 Å². The third-order valence-electron chi connectivity index (χ3n) is 1.84. The highest BCUT2D eigenvalue weighted by atomic mass is 35.5. The molecule has 2 N–H and O–H groups in total. The van der Waals surface area contributed by atoms with Gasteiger partial charge in [0.25, 0.3) is 0 Å². The van der Waals surface area contributed by atoms with Crippen LogP contribution < -0.4 is 10.1 Å². The number of methoxy groups -OCH3 is 1. The van der Waals surface area contributed by atoms with Crippen LogP contribution in [-0.2, 0) is 0 Å². The van der Waals surface area contributed by atoms with E-state index in [2.05, 4.69) is 20.7 Å². The van der Waals surface area contributed by atoms with Crippen molar-refractivity contribution < 1.29 is 4.74 Å². The third kappa shape index (κ3) is 2.19. The molecule has 0 aliphatic rings. The summed E-state index contributed by atoms with van der Waals surface area (Å²) in [5.41, 5.74) is 0.788. The van der Waals surface area contributed by atoms with Gasteiger partial charge < -0.3 is 10.1 Å². The quantitative estimate of drug-likeness (QED) is 0.839. The normalized spacial score (nSPS) is 10.0. The Labute approximate surface area is 91.4 Å². The Morgan fingerprint density at radius 3 is 3.00 bits per heavy atom. The van der Waals surface area contributed by atoms with Crippen molar-refractivity contribution in [2.45, 2.75) is 0 Å². The lowest BCUT2D eigenvalue weighted by atomic mass is 10.3. The van der Waals surface area contributed by atoms with E-state index in [9.17, 15) is 0 Å². The summed E-state index contributed by atoms with van der Waals surface area (Å²) in [7, 11) is 1.58. The fourth-order valence-corrected chi connectivity index (χ4v) is 1.33. The highest BCUT2D eigenvalue weighted by molar-refractivity contribution is 6.30. The molecule has 6 heteroatoms.